The normalized spacial score (nSPS) is 19.9. The van der Waals surface area contributed by atoms with Crippen molar-refractivity contribution in [1.82, 2.24) is 15.5 Å². The number of phenolic OH excluding ortho intramolecular Hbond substituents is 1. The zero-order chi connectivity index (χ0) is 13.2. The molecular formula is C15H19N3O. The molecule has 0 radical (unpaired) electrons. The molecule has 0 bridgehead atoms. The van der Waals surface area contributed by atoms with Crippen molar-refractivity contribution < 1.29 is 5.11 Å². The fourth-order valence-electron chi connectivity index (χ4n) is 2.87. The zero-order valence-electron chi connectivity index (χ0n) is 11.1. The molecule has 0 spiro atoms. The van der Waals surface area contributed by atoms with E-state index in [4.69, 9.17) is 0 Å². The van der Waals surface area contributed by atoms with Gasteiger partial charge in [-0.3, -0.25) is 5.10 Å². The first kappa shape index (κ1) is 12.2. The number of aromatic hydroxyl groups is 1. The zero-order valence-corrected chi connectivity index (χ0v) is 11.1. The number of H-pyrrole nitrogens is 1. The van der Waals surface area contributed by atoms with Crippen LogP contribution in [0.15, 0.2) is 30.6 Å². The SMILES string of the molecule is CC(NC1CCCc2cc(O)ccc21)c1cn[nH]c1. The molecule has 100 valence electrons. The third-order valence-corrected chi connectivity index (χ3v) is 3.91. The Balaban J connectivity index is 1.80. The molecule has 1 aliphatic rings. The van der Waals surface area contributed by atoms with Crippen LogP contribution in [-0.4, -0.2) is 15.3 Å². The quantitative estimate of drug-likeness (QED) is 0.792. The second-order valence-corrected chi connectivity index (χ2v) is 5.25. The summed E-state index contributed by atoms with van der Waals surface area (Å²) in [6, 6.07) is 6.34. The second-order valence-electron chi connectivity index (χ2n) is 5.25. The first-order chi connectivity index (χ1) is 9.24. The van der Waals surface area contributed by atoms with Crippen LogP contribution < -0.4 is 5.32 Å². The lowest BCUT2D eigenvalue weighted by atomic mass is 9.87. The monoisotopic (exact) mass is 257 g/mol. The number of hydrogen-bond donors (Lipinski definition) is 3. The topological polar surface area (TPSA) is 60.9 Å². The van der Waals surface area contributed by atoms with E-state index < -0.39 is 0 Å². The lowest BCUT2D eigenvalue weighted by molar-refractivity contribution is 0.413. The lowest BCUT2D eigenvalue weighted by Crippen LogP contribution is -2.27. The lowest BCUT2D eigenvalue weighted by Gasteiger charge is -2.29. The molecule has 19 heavy (non-hydrogen) atoms. The molecule has 0 saturated carbocycles. The van der Waals surface area contributed by atoms with E-state index in [-0.39, 0.29) is 6.04 Å². The summed E-state index contributed by atoms with van der Waals surface area (Å²) >= 11 is 0. The van der Waals surface area contributed by atoms with Gasteiger partial charge in [-0.05, 0) is 49.4 Å². The summed E-state index contributed by atoms with van der Waals surface area (Å²) in [5, 5.41) is 20.1. The number of hydrogen-bond acceptors (Lipinski definition) is 3. The maximum Gasteiger partial charge on any atom is 0.115 e. The van der Waals surface area contributed by atoms with Gasteiger partial charge in [-0.2, -0.15) is 5.10 Å². The summed E-state index contributed by atoms with van der Waals surface area (Å²) in [6.07, 6.45) is 7.14. The molecule has 3 N–H and O–H groups in total. The highest BCUT2D eigenvalue weighted by molar-refractivity contribution is 5.38. The largest absolute Gasteiger partial charge is 0.508 e. The van der Waals surface area contributed by atoms with Crippen LogP contribution in [0.3, 0.4) is 0 Å². The maximum absolute atomic E-state index is 9.57. The fourth-order valence-corrected chi connectivity index (χ4v) is 2.87. The van der Waals surface area contributed by atoms with Crippen molar-refractivity contribution in [3.05, 3.63) is 47.3 Å². The number of nitrogens with one attached hydrogen (secondary N) is 2. The maximum atomic E-state index is 9.57. The van der Waals surface area contributed by atoms with Crippen LogP contribution in [0, 0.1) is 0 Å². The Labute approximate surface area is 112 Å². The predicted molar refractivity (Wildman–Crippen MR) is 73.9 cm³/mol. The van der Waals surface area contributed by atoms with Gasteiger partial charge in [-0.15, -0.1) is 0 Å². The van der Waals surface area contributed by atoms with Crippen LogP contribution >= 0.6 is 0 Å². The number of aromatic amines is 1. The molecule has 0 saturated heterocycles. The first-order valence-corrected chi connectivity index (χ1v) is 6.80. The van der Waals surface area contributed by atoms with Crippen LogP contribution in [0.4, 0.5) is 0 Å². The van der Waals surface area contributed by atoms with Crippen LogP contribution in [0.2, 0.25) is 0 Å². The summed E-state index contributed by atoms with van der Waals surface area (Å²) in [5.41, 5.74) is 3.76. The Bertz CT molecular complexity index is 551. The van der Waals surface area contributed by atoms with E-state index >= 15 is 0 Å². The van der Waals surface area contributed by atoms with Gasteiger partial charge in [0.2, 0.25) is 0 Å². The van der Waals surface area contributed by atoms with Crippen LogP contribution in [0.5, 0.6) is 5.75 Å². The highest BCUT2D eigenvalue weighted by atomic mass is 16.3. The van der Waals surface area contributed by atoms with E-state index in [0.717, 1.165) is 19.3 Å². The van der Waals surface area contributed by atoms with Crippen molar-refractivity contribution in [2.24, 2.45) is 0 Å². The van der Waals surface area contributed by atoms with Gasteiger partial charge in [-0.25, -0.2) is 0 Å². The second kappa shape index (κ2) is 5.05. The van der Waals surface area contributed by atoms with Gasteiger partial charge in [0.15, 0.2) is 0 Å². The molecule has 1 aromatic carbocycles. The average molecular weight is 257 g/mol. The summed E-state index contributed by atoms with van der Waals surface area (Å²) in [7, 11) is 0. The summed E-state index contributed by atoms with van der Waals surface area (Å²) in [4.78, 5) is 0. The smallest absolute Gasteiger partial charge is 0.115 e. The molecule has 3 rings (SSSR count). The Morgan fingerprint density at radius 2 is 2.37 bits per heavy atom. The highest BCUT2D eigenvalue weighted by Gasteiger charge is 2.22. The van der Waals surface area contributed by atoms with E-state index in [0.29, 0.717) is 11.8 Å². The number of phenols is 1. The molecule has 1 aromatic heterocycles. The van der Waals surface area contributed by atoms with Crippen LogP contribution in [0.25, 0.3) is 0 Å². The molecule has 4 nitrogen and oxygen atoms in total. The standard InChI is InChI=1S/C15H19N3O/c1-10(12-8-16-17-9-12)18-15-4-2-3-11-7-13(19)5-6-14(11)15/h5-10,15,18-19H,2-4H2,1H3,(H,16,17). The number of rotatable bonds is 3. The summed E-state index contributed by atoms with van der Waals surface area (Å²) < 4.78 is 0. The van der Waals surface area contributed by atoms with E-state index in [2.05, 4.69) is 22.4 Å². The van der Waals surface area contributed by atoms with Crippen molar-refractivity contribution in [3.8, 4) is 5.75 Å². The van der Waals surface area contributed by atoms with E-state index in [1.807, 2.05) is 24.5 Å². The minimum absolute atomic E-state index is 0.267. The molecule has 0 amide bonds. The molecule has 1 heterocycles. The van der Waals surface area contributed by atoms with Crippen molar-refractivity contribution in [1.29, 1.82) is 0 Å². The van der Waals surface area contributed by atoms with Gasteiger partial charge in [0, 0.05) is 23.8 Å². The molecule has 0 aliphatic heterocycles. The van der Waals surface area contributed by atoms with Gasteiger partial charge in [0.05, 0.1) is 6.20 Å². The number of aromatic nitrogens is 2. The van der Waals surface area contributed by atoms with E-state index in [9.17, 15) is 5.11 Å². The summed E-state index contributed by atoms with van der Waals surface area (Å²) in [5.74, 6) is 0.363. The summed E-state index contributed by atoms with van der Waals surface area (Å²) in [6.45, 7) is 2.15. The van der Waals surface area contributed by atoms with Gasteiger partial charge >= 0.3 is 0 Å². The van der Waals surface area contributed by atoms with Gasteiger partial charge in [-0.1, -0.05) is 6.07 Å². The van der Waals surface area contributed by atoms with E-state index in [1.165, 1.54) is 16.7 Å². The molecular weight excluding hydrogens is 238 g/mol. The molecule has 0 fully saturated rings. The first-order valence-electron chi connectivity index (χ1n) is 6.80. The number of fused-ring (bicyclic) bond motifs is 1. The molecule has 2 atom stereocenters. The van der Waals surface area contributed by atoms with Crippen molar-refractivity contribution in [2.75, 3.05) is 0 Å². The molecule has 1 aliphatic carbocycles. The van der Waals surface area contributed by atoms with Gasteiger partial charge in [0.25, 0.3) is 0 Å². The Morgan fingerprint density at radius 3 is 3.16 bits per heavy atom. The number of benzene rings is 1. The third-order valence-electron chi connectivity index (χ3n) is 3.91. The molecule has 2 aromatic rings. The van der Waals surface area contributed by atoms with Crippen molar-refractivity contribution in [2.45, 2.75) is 38.3 Å². The fraction of sp³-hybridized carbons (Fsp3) is 0.400. The number of aryl methyl sites for hydroxylation is 1. The van der Waals surface area contributed by atoms with Crippen LogP contribution in [0.1, 0.15) is 48.5 Å². The van der Waals surface area contributed by atoms with Crippen molar-refractivity contribution >= 4 is 0 Å². The van der Waals surface area contributed by atoms with Crippen LogP contribution in [-0.2, 0) is 6.42 Å². The Kier molecular flexibility index (Phi) is 3.25. The predicted octanol–water partition coefficient (Wildman–Crippen LogP) is 2.84. The Morgan fingerprint density at radius 1 is 1.47 bits per heavy atom. The van der Waals surface area contributed by atoms with E-state index in [1.54, 1.807) is 6.07 Å². The number of nitrogens with zero attached hydrogens (tertiary/aromatic N) is 1. The molecule has 2 unspecified atom stereocenters. The Hall–Kier alpha value is -1.81. The van der Waals surface area contributed by atoms with Crippen molar-refractivity contribution in [3.63, 3.8) is 0 Å². The highest BCUT2D eigenvalue weighted by Crippen LogP contribution is 2.33. The minimum atomic E-state index is 0.267. The van der Waals surface area contributed by atoms with Gasteiger partial charge < -0.3 is 10.4 Å². The minimum Gasteiger partial charge on any atom is -0.508 e. The average Bonchev–Trinajstić information content (AvgIpc) is 2.92. The third kappa shape index (κ3) is 2.49. The molecule has 4 heteroatoms. The van der Waals surface area contributed by atoms with Gasteiger partial charge in [0.1, 0.15) is 5.75 Å².